The molecule has 0 bridgehead atoms. The highest BCUT2D eigenvalue weighted by atomic mass is 79.9. The van der Waals surface area contributed by atoms with Gasteiger partial charge in [0.25, 0.3) is 0 Å². The Hall–Kier alpha value is -1.06. The lowest BCUT2D eigenvalue weighted by Crippen LogP contribution is -1.95. The lowest BCUT2D eigenvalue weighted by atomic mass is 10.2. The van der Waals surface area contributed by atoms with Gasteiger partial charge in [-0.3, -0.25) is 0 Å². The van der Waals surface area contributed by atoms with Crippen molar-refractivity contribution >= 4 is 38.2 Å². The van der Waals surface area contributed by atoms with Crippen LogP contribution in [0.3, 0.4) is 0 Å². The van der Waals surface area contributed by atoms with E-state index in [1.165, 1.54) is 25.8 Å². The summed E-state index contributed by atoms with van der Waals surface area (Å²) in [5.74, 6) is 0. The number of hydrogen-bond donors (Lipinski definition) is 0. The number of aromatic nitrogens is 1. The van der Waals surface area contributed by atoms with Crippen LogP contribution in [0.2, 0.25) is 0 Å². The largest absolute Gasteiger partial charge is 0.342 e. The first kappa shape index (κ1) is 11.1. The van der Waals surface area contributed by atoms with Crippen molar-refractivity contribution in [2.75, 3.05) is 0 Å². The average molecular weight is 306 g/mol. The minimum Gasteiger partial charge on any atom is -0.342 e. The molecule has 0 unspecified atom stereocenters. The number of halogens is 1. The number of fused-ring (bicyclic) bond motifs is 1. The van der Waals surface area contributed by atoms with Gasteiger partial charge in [-0.25, -0.2) is 0 Å². The molecule has 0 fully saturated rings. The van der Waals surface area contributed by atoms with Crippen molar-refractivity contribution in [3.63, 3.8) is 0 Å². The summed E-state index contributed by atoms with van der Waals surface area (Å²) < 4.78 is 3.50. The molecule has 0 N–H and O–H groups in total. The van der Waals surface area contributed by atoms with Gasteiger partial charge in [0.05, 0.1) is 6.54 Å². The molecule has 0 radical (unpaired) electrons. The van der Waals surface area contributed by atoms with Crippen LogP contribution in [0, 0.1) is 6.92 Å². The molecule has 3 heteroatoms. The summed E-state index contributed by atoms with van der Waals surface area (Å²) in [6.45, 7) is 3.07. The lowest BCUT2D eigenvalue weighted by Gasteiger charge is -2.04. The van der Waals surface area contributed by atoms with Crippen molar-refractivity contribution < 1.29 is 0 Å². The molecule has 0 amide bonds. The van der Waals surface area contributed by atoms with Gasteiger partial charge in [0.15, 0.2) is 0 Å². The van der Waals surface area contributed by atoms with Crippen molar-refractivity contribution in [1.29, 1.82) is 0 Å². The molecule has 2 aromatic heterocycles. The van der Waals surface area contributed by atoms with E-state index in [4.69, 9.17) is 0 Å². The third kappa shape index (κ3) is 2.05. The van der Waals surface area contributed by atoms with E-state index in [-0.39, 0.29) is 0 Å². The first-order chi connectivity index (χ1) is 8.24. The highest BCUT2D eigenvalue weighted by Gasteiger charge is 2.05. The Morgan fingerprint density at radius 1 is 1.24 bits per heavy atom. The monoisotopic (exact) mass is 305 g/mol. The Balaban J connectivity index is 2.04. The van der Waals surface area contributed by atoms with Crippen LogP contribution in [0.4, 0.5) is 0 Å². The number of aryl methyl sites for hydroxylation is 1. The summed E-state index contributed by atoms with van der Waals surface area (Å²) in [6.07, 6.45) is 2.16. The number of benzene rings is 1. The molecular weight excluding hydrogens is 294 g/mol. The molecule has 3 rings (SSSR count). The van der Waals surface area contributed by atoms with Gasteiger partial charge in [-0.2, -0.15) is 0 Å². The lowest BCUT2D eigenvalue weighted by molar-refractivity contribution is 0.848. The third-order valence-electron chi connectivity index (χ3n) is 2.93. The van der Waals surface area contributed by atoms with Crippen LogP contribution in [-0.2, 0) is 6.54 Å². The van der Waals surface area contributed by atoms with Crippen LogP contribution < -0.4 is 0 Å². The second kappa shape index (κ2) is 4.31. The van der Waals surface area contributed by atoms with Gasteiger partial charge in [0.1, 0.15) is 0 Å². The number of hydrogen-bond acceptors (Lipinski definition) is 1. The minimum absolute atomic E-state index is 0.935. The van der Waals surface area contributed by atoms with Crippen LogP contribution in [-0.4, -0.2) is 4.57 Å². The fourth-order valence-electron chi connectivity index (χ4n) is 2.05. The van der Waals surface area contributed by atoms with Gasteiger partial charge in [0, 0.05) is 21.1 Å². The van der Waals surface area contributed by atoms with E-state index in [2.05, 4.69) is 69.3 Å². The predicted molar refractivity (Wildman–Crippen MR) is 77.8 cm³/mol. The molecule has 3 aromatic rings. The van der Waals surface area contributed by atoms with E-state index >= 15 is 0 Å². The molecule has 2 heterocycles. The molecule has 86 valence electrons. The number of thiophene rings is 1. The Bertz CT molecular complexity index is 666. The Labute approximate surface area is 113 Å². The van der Waals surface area contributed by atoms with Gasteiger partial charge < -0.3 is 4.57 Å². The summed E-state index contributed by atoms with van der Waals surface area (Å²) >= 11 is 5.38. The fraction of sp³-hybridized carbons (Fsp3) is 0.143. The Morgan fingerprint density at radius 2 is 2.12 bits per heavy atom. The predicted octanol–water partition coefficient (Wildman–Crippen LogP) is 4.82. The molecule has 1 aromatic carbocycles. The molecule has 0 saturated heterocycles. The second-order valence-electron chi connectivity index (χ2n) is 4.20. The van der Waals surface area contributed by atoms with Crippen molar-refractivity contribution in [3.05, 3.63) is 56.8 Å². The second-order valence-corrected chi connectivity index (χ2v) is 6.05. The van der Waals surface area contributed by atoms with E-state index in [0.717, 1.165) is 6.54 Å². The zero-order chi connectivity index (χ0) is 11.8. The highest BCUT2D eigenvalue weighted by molar-refractivity contribution is 9.10. The highest BCUT2D eigenvalue weighted by Crippen LogP contribution is 2.26. The normalized spacial score (nSPS) is 11.2. The summed E-state index contributed by atoms with van der Waals surface area (Å²) in [4.78, 5) is 1.36. The van der Waals surface area contributed by atoms with Crippen LogP contribution in [0.25, 0.3) is 10.9 Å². The standard InChI is InChI=1S/C14H12BrNS/c1-10-2-3-13-11(8-10)4-6-16(13)9-14-12(15)5-7-17-14/h2-8H,9H2,1H3. The van der Waals surface area contributed by atoms with Crippen LogP contribution in [0.15, 0.2) is 46.4 Å². The van der Waals surface area contributed by atoms with Gasteiger partial charge in [-0.15, -0.1) is 11.3 Å². The SMILES string of the molecule is Cc1ccc2c(ccn2Cc2sccc2Br)c1. The summed E-state index contributed by atoms with van der Waals surface area (Å²) in [6, 6.07) is 10.9. The zero-order valence-electron chi connectivity index (χ0n) is 9.48. The van der Waals surface area contributed by atoms with Gasteiger partial charge in [-0.05, 0) is 57.9 Å². The third-order valence-corrected chi connectivity index (χ3v) is 4.84. The summed E-state index contributed by atoms with van der Waals surface area (Å²) in [5.41, 5.74) is 2.61. The molecule has 0 aliphatic carbocycles. The smallest absolute Gasteiger partial charge is 0.0580 e. The fourth-order valence-corrected chi connectivity index (χ4v) is 3.53. The molecule has 0 aliphatic rings. The Morgan fingerprint density at radius 3 is 2.88 bits per heavy atom. The molecular formula is C14H12BrNS. The minimum atomic E-state index is 0.935. The number of rotatable bonds is 2. The maximum atomic E-state index is 3.58. The van der Waals surface area contributed by atoms with E-state index in [9.17, 15) is 0 Å². The summed E-state index contributed by atoms with van der Waals surface area (Å²) in [5, 5.41) is 3.44. The molecule has 17 heavy (non-hydrogen) atoms. The van der Waals surface area contributed by atoms with Crippen molar-refractivity contribution in [2.45, 2.75) is 13.5 Å². The average Bonchev–Trinajstić information content (AvgIpc) is 2.87. The van der Waals surface area contributed by atoms with E-state index in [0.29, 0.717) is 0 Å². The maximum Gasteiger partial charge on any atom is 0.0580 e. The van der Waals surface area contributed by atoms with Crippen LogP contribution in [0.5, 0.6) is 0 Å². The quantitative estimate of drug-likeness (QED) is 0.639. The molecule has 1 nitrogen and oxygen atoms in total. The van der Waals surface area contributed by atoms with Crippen molar-refractivity contribution in [1.82, 2.24) is 4.57 Å². The molecule has 0 aliphatic heterocycles. The van der Waals surface area contributed by atoms with Gasteiger partial charge >= 0.3 is 0 Å². The van der Waals surface area contributed by atoms with Crippen molar-refractivity contribution in [2.24, 2.45) is 0 Å². The van der Waals surface area contributed by atoms with Gasteiger partial charge in [0.2, 0.25) is 0 Å². The van der Waals surface area contributed by atoms with Crippen LogP contribution >= 0.6 is 27.3 Å². The van der Waals surface area contributed by atoms with E-state index in [1.807, 2.05) is 0 Å². The van der Waals surface area contributed by atoms with Crippen LogP contribution in [0.1, 0.15) is 10.4 Å². The molecule has 0 atom stereocenters. The maximum absolute atomic E-state index is 3.58. The molecule has 0 saturated carbocycles. The Kier molecular flexibility index (Phi) is 2.81. The zero-order valence-corrected chi connectivity index (χ0v) is 11.9. The van der Waals surface area contributed by atoms with Gasteiger partial charge in [-0.1, -0.05) is 11.6 Å². The van der Waals surface area contributed by atoms with Crippen molar-refractivity contribution in [3.8, 4) is 0 Å². The topological polar surface area (TPSA) is 4.93 Å². The number of nitrogens with zero attached hydrogens (tertiary/aromatic N) is 1. The summed E-state index contributed by atoms with van der Waals surface area (Å²) in [7, 11) is 0. The van der Waals surface area contributed by atoms with E-state index < -0.39 is 0 Å². The molecule has 0 spiro atoms. The van der Waals surface area contributed by atoms with E-state index in [1.54, 1.807) is 11.3 Å². The first-order valence-corrected chi connectivity index (χ1v) is 7.19. The first-order valence-electron chi connectivity index (χ1n) is 5.51.